The first kappa shape index (κ1) is 12.4. The molecule has 0 saturated heterocycles. The zero-order chi connectivity index (χ0) is 10.4. The standard InChI is InChI=1S/C8H15NO3S/c1-5(10)8(9)7(3-4-13)12-6(2)11/h7-8,13H,3-4,9H2,1-2H3/p+1. The van der Waals surface area contributed by atoms with Crippen molar-refractivity contribution in [3.05, 3.63) is 0 Å². The summed E-state index contributed by atoms with van der Waals surface area (Å²) in [6.07, 6.45) is 0.115. The van der Waals surface area contributed by atoms with Gasteiger partial charge in [-0.3, -0.25) is 9.59 Å². The lowest BCUT2D eigenvalue weighted by atomic mass is 10.1. The Hall–Kier alpha value is -0.550. The second kappa shape index (κ2) is 5.99. The molecule has 13 heavy (non-hydrogen) atoms. The Morgan fingerprint density at radius 3 is 2.31 bits per heavy atom. The fraction of sp³-hybridized carbons (Fsp3) is 0.750. The number of hydrogen-bond acceptors (Lipinski definition) is 4. The van der Waals surface area contributed by atoms with Gasteiger partial charge in [-0.05, 0) is 12.2 Å². The summed E-state index contributed by atoms with van der Waals surface area (Å²) in [7, 11) is 0. The van der Waals surface area contributed by atoms with Gasteiger partial charge in [0.15, 0.2) is 17.9 Å². The van der Waals surface area contributed by atoms with Gasteiger partial charge < -0.3 is 10.5 Å². The van der Waals surface area contributed by atoms with Gasteiger partial charge >= 0.3 is 5.97 Å². The molecule has 2 atom stereocenters. The Morgan fingerprint density at radius 1 is 1.46 bits per heavy atom. The van der Waals surface area contributed by atoms with Crippen molar-refractivity contribution in [2.45, 2.75) is 32.4 Å². The maximum absolute atomic E-state index is 11.0. The van der Waals surface area contributed by atoms with Crippen LogP contribution in [0, 0.1) is 0 Å². The highest BCUT2D eigenvalue weighted by Crippen LogP contribution is 2.04. The lowest BCUT2D eigenvalue weighted by molar-refractivity contribution is -0.419. The molecule has 5 heteroatoms. The van der Waals surface area contributed by atoms with Crippen molar-refractivity contribution in [3.63, 3.8) is 0 Å². The Kier molecular flexibility index (Phi) is 5.73. The molecule has 0 amide bonds. The van der Waals surface area contributed by atoms with Crippen molar-refractivity contribution < 1.29 is 20.1 Å². The Bertz CT molecular complexity index is 196. The van der Waals surface area contributed by atoms with Crippen LogP contribution in [-0.4, -0.2) is 29.7 Å². The highest BCUT2D eigenvalue weighted by Gasteiger charge is 2.27. The van der Waals surface area contributed by atoms with Crippen LogP contribution < -0.4 is 5.73 Å². The minimum absolute atomic E-state index is 0.0759. The van der Waals surface area contributed by atoms with E-state index in [1.807, 2.05) is 0 Å². The molecule has 0 aliphatic carbocycles. The number of carbonyl (C=O) groups is 2. The molecule has 0 aromatic rings. The molecule has 0 heterocycles. The van der Waals surface area contributed by atoms with Crippen LogP contribution >= 0.6 is 12.6 Å². The van der Waals surface area contributed by atoms with E-state index in [4.69, 9.17) is 4.74 Å². The number of ether oxygens (including phenoxy) is 1. The zero-order valence-electron chi connectivity index (χ0n) is 7.95. The van der Waals surface area contributed by atoms with Gasteiger partial charge in [-0.15, -0.1) is 0 Å². The molecule has 0 aromatic heterocycles. The van der Waals surface area contributed by atoms with E-state index in [-0.39, 0.29) is 11.8 Å². The molecule has 0 spiro atoms. The van der Waals surface area contributed by atoms with E-state index >= 15 is 0 Å². The van der Waals surface area contributed by atoms with E-state index in [9.17, 15) is 9.59 Å². The number of quaternary nitrogens is 1. The van der Waals surface area contributed by atoms with Gasteiger partial charge in [0.2, 0.25) is 0 Å². The molecule has 0 rings (SSSR count). The van der Waals surface area contributed by atoms with Crippen LogP contribution in [0.25, 0.3) is 0 Å². The van der Waals surface area contributed by atoms with Gasteiger partial charge in [-0.1, -0.05) is 0 Å². The zero-order valence-corrected chi connectivity index (χ0v) is 8.84. The van der Waals surface area contributed by atoms with Crippen molar-refractivity contribution in [2.24, 2.45) is 0 Å². The second-order valence-corrected chi connectivity index (χ2v) is 3.32. The molecule has 3 N–H and O–H groups in total. The van der Waals surface area contributed by atoms with Gasteiger partial charge in [0.1, 0.15) is 0 Å². The van der Waals surface area contributed by atoms with Crippen LogP contribution in [0.5, 0.6) is 0 Å². The minimum atomic E-state index is -0.490. The lowest BCUT2D eigenvalue weighted by Gasteiger charge is -2.17. The average Bonchev–Trinajstić information content (AvgIpc) is 2.01. The van der Waals surface area contributed by atoms with Crippen LogP contribution in [0.4, 0.5) is 0 Å². The first-order chi connectivity index (χ1) is 5.99. The molecule has 0 fully saturated rings. The predicted molar refractivity (Wildman–Crippen MR) is 51.4 cm³/mol. The molecule has 0 saturated carbocycles. The summed E-state index contributed by atoms with van der Waals surface area (Å²) in [4.78, 5) is 21.6. The third kappa shape index (κ3) is 4.90. The number of Topliss-reactive ketones (excluding diaryl/α,β-unsaturated/α-hetero) is 1. The average molecular weight is 206 g/mol. The fourth-order valence-corrected chi connectivity index (χ4v) is 1.20. The van der Waals surface area contributed by atoms with E-state index in [2.05, 4.69) is 18.4 Å². The smallest absolute Gasteiger partial charge is 0.303 e. The molecule has 0 aliphatic heterocycles. The third-order valence-electron chi connectivity index (χ3n) is 1.70. The Morgan fingerprint density at radius 2 is 2.00 bits per heavy atom. The lowest BCUT2D eigenvalue weighted by Crippen LogP contribution is -2.70. The molecule has 76 valence electrons. The largest absolute Gasteiger partial charge is 0.456 e. The normalized spacial score (nSPS) is 14.8. The van der Waals surface area contributed by atoms with Gasteiger partial charge in [-0.2, -0.15) is 12.6 Å². The van der Waals surface area contributed by atoms with Crippen LogP contribution in [-0.2, 0) is 14.3 Å². The van der Waals surface area contributed by atoms with Gasteiger partial charge in [0, 0.05) is 13.8 Å². The summed E-state index contributed by atoms with van der Waals surface area (Å²) in [6, 6.07) is -0.490. The number of thiol groups is 1. The summed E-state index contributed by atoms with van der Waals surface area (Å²) in [5, 5.41) is 0. The number of ketones is 1. The van der Waals surface area contributed by atoms with E-state index < -0.39 is 12.1 Å². The van der Waals surface area contributed by atoms with Crippen molar-refractivity contribution in [3.8, 4) is 0 Å². The summed E-state index contributed by atoms with van der Waals surface area (Å²) >= 11 is 4.01. The molecular weight excluding hydrogens is 190 g/mol. The first-order valence-corrected chi connectivity index (χ1v) is 4.74. The third-order valence-corrected chi connectivity index (χ3v) is 1.96. The van der Waals surface area contributed by atoms with E-state index in [0.717, 1.165) is 0 Å². The molecule has 4 nitrogen and oxygen atoms in total. The van der Waals surface area contributed by atoms with E-state index in [1.165, 1.54) is 13.8 Å². The summed E-state index contributed by atoms with van der Waals surface area (Å²) in [5.41, 5.74) is 3.65. The van der Waals surface area contributed by atoms with Crippen molar-refractivity contribution in [2.75, 3.05) is 5.75 Å². The quantitative estimate of drug-likeness (QED) is 0.468. The predicted octanol–water partition coefficient (Wildman–Crippen LogP) is -0.562. The molecule has 0 aliphatic rings. The number of hydrogen-bond donors (Lipinski definition) is 2. The molecular formula is C8H16NO3S+. The number of carbonyl (C=O) groups excluding carboxylic acids is 2. The second-order valence-electron chi connectivity index (χ2n) is 2.88. The minimum Gasteiger partial charge on any atom is -0.456 e. The highest BCUT2D eigenvalue weighted by atomic mass is 32.1. The molecule has 2 unspecified atom stereocenters. The van der Waals surface area contributed by atoms with Crippen LogP contribution in [0.1, 0.15) is 20.3 Å². The molecule has 0 bridgehead atoms. The first-order valence-electron chi connectivity index (χ1n) is 4.10. The fourth-order valence-electron chi connectivity index (χ4n) is 0.944. The maximum Gasteiger partial charge on any atom is 0.303 e. The van der Waals surface area contributed by atoms with Crippen LogP contribution in [0.15, 0.2) is 0 Å². The van der Waals surface area contributed by atoms with Gasteiger partial charge in [-0.25, -0.2) is 0 Å². The maximum atomic E-state index is 11.0. The van der Waals surface area contributed by atoms with Crippen molar-refractivity contribution in [1.29, 1.82) is 0 Å². The van der Waals surface area contributed by atoms with Gasteiger partial charge in [0.25, 0.3) is 0 Å². The monoisotopic (exact) mass is 206 g/mol. The number of esters is 1. The van der Waals surface area contributed by atoms with Gasteiger partial charge in [0.05, 0.1) is 0 Å². The van der Waals surface area contributed by atoms with Crippen molar-refractivity contribution in [1.82, 2.24) is 0 Å². The summed E-state index contributed by atoms with van der Waals surface area (Å²) in [5.74, 6) is 0.103. The van der Waals surface area contributed by atoms with Crippen LogP contribution in [0.2, 0.25) is 0 Å². The Labute approximate surface area is 83.2 Å². The summed E-state index contributed by atoms with van der Waals surface area (Å²) < 4.78 is 4.94. The highest BCUT2D eigenvalue weighted by molar-refractivity contribution is 7.80. The van der Waals surface area contributed by atoms with Crippen molar-refractivity contribution >= 4 is 24.4 Å². The molecule has 0 aromatic carbocycles. The van der Waals surface area contributed by atoms with E-state index in [0.29, 0.717) is 12.2 Å². The molecule has 0 radical (unpaired) electrons. The van der Waals surface area contributed by atoms with E-state index in [1.54, 1.807) is 0 Å². The summed E-state index contributed by atoms with van der Waals surface area (Å²) in [6.45, 7) is 2.76. The topological polar surface area (TPSA) is 71.0 Å². The Balaban J connectivity index is 4.22. The van der Waals surface area contributed by atoms with Crippen LogP contribution in [0.3, 0.4) is 0 Å². The number of rotatable bonds is 5. The SMILES string of the molecule is CC(=O)OC(CCS)C([NH3+])C(C)=O.